The second kappa shape index (κ2) is 13.1. The first kappa shape index (κ1) is 25.9. The number of hydrogen-bond acceptors (Lipinski definition) is 8. The van der Waals surface area contributed by atoms with E-state index in [4.69, 9.17) is 9.84 Å². The Labute approximate surface area is 167 Å². The van der Waals surface area contributed by atoms with Gasteiger partial charge in [0.05, 0.1) is 13.0 Å². The number of carbonyl (C=O) groups is 5. The summed E-state index contributed by atoms with van der Waals surface area (Å²) in [7, 11) is 0. The molecule has 0 heterocycles. The van der Waals surface area contributed by atoms with Crippen LogP contribution in [0.3, 0.4) is 0 Å². The fourth-order valence-electron chi connectivity index (χ4n) is 1.84. The quantitative estimate of drug-likeness (QED) is 0.231. The molecule has 10 nitrogen and oxygen atoms in total. The Balaban J connectivity index is 3.98. The molecule has 0 unspecified atom stereocenters. The first-order chi connectivity index (χ1) is 13.0. The van der Waals surface area contributed by atoms with Gasteiger partial charge >= 0.3 is 11.9 Å². The highest BCUT2D eigenvalue weighted by atomic mass is 32.2. The van der Waals surface area contributed by atoms with Crippen LogP contribution in [0.2, 0.25) is 0 Å². The lowest BCUT2D eigenvalue weighted by Crippen LogP contribution is -2.46. The van der Waals surface area contributed by atoms with Crippen molar-refractivity contribution in [3.63, 3.8) is 0 Å². The zero-order valence-electron chi connectivity index (χ0n) is 16.3. The number of aliphatic carboxylic acids is 1. The number of amides is 2. The molecule has 0 saturated carbocycles. The summed E-state index contributed by atoms with van der Waals surface area (Å²) in [5.41, 5.74) is -0.984. The number of aliphatic hydroxyl groups is 1. The van der Waals surface area contributed by atoms with E-state index in [0.717, 1.165) is 11.8 Å². The van der Waals surface area contributed by atoms with Gasteiger partial charge in [0, 0.05) is 44.0 Å². The summed E-state index contributed by atoms with van der Waals surface area (Å²) in [5, 5.41) is 23.3. The van der Waals surface area contributed by atoms with Crippen molar-refractivity contribution in [3.8, 4) is 0 Å². The molecule has 160 valence electrons. The van der Waals surface area contributed by atoms with Gasteiger partial charge in [0.2, 0.25) is 11.8 Å². The van der Waals surface area contributed by atoms with Crippen molar-refractivity contribution in [1.29, 1.82) is 0 Å². The molecule has 0 saturated heterocycles. The number of ether oxygens (including phenoxy) is 1. The fourth-order valence-corrected chi connectivity index (χ4v) is 2.52. The minimum atomic E-state index is -1.41. The topological polar surface area (TPSA) is 159 Å². The van der Waals surface area contributed by atoms with Crippen molar-refractivity contribution >= 4 is 40.6 Å². The largest absolute Gasteiger partial charge is 0.481 e. The number of thioether (sulfide) groups is 1. The smallest absolute Gasteiger partial charge is 0.303 e. The summed E-state index contributed by atoms with van der Waals surface area (Å²) in [6, 6.07) is 0. The molecule has 0 aromatic carbocycles. The van der Waals surface area contributed by atoms with Crippen LogP contribution >= 0.6 is 11.8 Å². The maximum Gasteiger partial charge on any atom is 0.303 e. The Morgan fingerprint density at radius 1 is 1.04 bits per heavy atom. The van der Waals surface area contributed by atoms with Crippen LogP contribution < -0.4 is 10.6 Å². The van der Waals surface area contributed by atoms with E-state index >= 15 is 0 Å². The number of carboxylic acids is 1. The summed E-state index contributed by atoms with van der Waals surface area (Å²) in [4.78, 5) is 56.2. The molecule has 4 N–H and O–H groups in total. The van der Waals surface area contributed by atoms with Gasteiger partial charge in [-0.1, -0.05) is 25.6 Å². The van der Waals surface area contributed by atoms with Gasteiger partial charge in [-0.3, -0.25) is 24.0 Å². The molecular weight excluding hydrogens is 392 g/mol. The normalized spacial score (nSPS) is 12.0. The first-order valence-corrected chi connectivity index (χ1v) is 9.67. The molecule has 2 amide bonds. The molecule has 0 aliphatic carbocycles. The lowest BCUT2D eigenvalue weighted by atomic mass is 9.87. The average molecular weight is 420 g/mol. The number of rotatable bonds is 13. The van der Waals surface area contributed by atoms with Crippen LogP contribution in [0.5, 0.6) is 0 Å². The van der Waals surface area contributed by atoms with Crippen molar-refractivity contribution in [2.75, 3.05) is 25.4 Å². The predicted octanol–water partition coefficient (Wildman–Crippen LogP) is -0.316. The summed E-state index contributed by atoms with van der Waals surface area (Å²) in [6.45, 7) is 4.49. The molecule has 0 fully saturated rings. The van der Waals surface area contributed by atoms with E-state index in [9.17, 15) is 29.1 Å². The zero-order valence-corrected chi connectivity index (χ0v) is 17.1. The average Bonchev–Trinajstić information content (AvgIpc) is 2.61. The maximum absolute atomic E-state index is 11.9. The molecule has 0 radical (unpaired) electrons. The molecule has 28 heavy (non-hydrogen) atoms. The van der Waals surface area contributed by atoms with E-state index < -0.39 is 29.4 Å². The zero-order chi connectivity index (χ0) is 21.7. The number of hydrogen-bond donors (Lipinski definition) is 4. The molecule has 0 rings (SSSR count). The Bertz CT molecular complexity index is 580. The molecule has 0 spiro atoms. The van der Waals surface area contributed by atoms with Crippen molar-refractivity contribution in [1.82, 2.24) is 10.6 Å². The summed E-state index contributed by atoms with van der Waals surface area (Å²) in [6.07, 6.45) is -1.71. The van der Waals surface area contributed by atoms with Crippen molar-refractivity contribution < 1.29 is 38.9 Å². The highest BCUT2D eigenvalue weighted by Gasteiger charge is 2.34. The highest BCUT2D eigenvalue weighted by molar-refractivity contribution is 8.13. The lowest BCUT2D eigenvalue weighted by Gasteiger charge is -2.28. The van der Waals surface area contributed by atoms with E-state index in [1.165, 1.54) is 6.92 Å². The molecule has 0 aromatic rings. The third-order valence-electron chi connectivity index (χ3n) is 3.52. The number of carboxylic acid groups (broad SMARTS) is 1. The Morgan fingerprint density at radius 2 is 1.68 bits per heavy atom. The monoisotopic (exact) mass is 420 g/mol. The van der Waals surface area contributed by atoms with Crippen LogP contribution in [-0.2, 0) is 28.7 Å². The standard InChI is InChI=1S/C17H28N2O8S/c1-11(20)27-10-17(2,3)15(25)16(26)19-7-6-12(21)18-8-9-28-14(24)5-4-13(22)23/h15,25H,4-10H2,1-3H3,(H,18,21)(H,19,26)(H,22,23)/t15-/m0/s1. The highest BCUT2D eigenvalue weighted by Crippen LogP contribution is 2.21. The molecule has 1 atom stereocenters. The second-order valence-electron chi connectivity index (χ2n) is 6.68. The summed E-state index contributed by atoms with van der Waals surface area (Å²) < 4.78 is 4.82. The van der Waals surface area contributed by atoms with Crippen LogP contribution in [0.4, 0.5) is 0 Å². The minimum absolute atomic E-state index is 0.00998. The third-order valence-corrected chi connectivity index (χ3v) is 4.45. The van der Waals surface area contributed by atoms with Crippen molar-refractivity contribution in [3.05, 3.63) is 0 Å². The van der Waals surface area contributed by atoms with Crippen LogP contribution in [0, 0.1) is 5.41 Å². The van der Waals surface area contributed by atoms with Crippen molar-refractivity contribution in [2.24, 2.45) is 5.41 Å². The van der Waals surface area contributed by atoms with Gasteiger partial charge in [0.15, 0.2) is 5.12 Å². The maximum atomic E-state index is 11.9. The van der Waals surface area contributed by atoms with Gasteiger partial charge in [-0.15, -0.1) is 0 Å². The van der Waals surface area contributed by atoms with E-state index in [1.54, 1.807) is 13.8 Å². The lowest BCUT2D eigenvalue weighted by molar-refractivity contribution is -0.151. The van der Waals surface area contributed by atoms with Gasteiger partial charge in [0.1, 0.15) is 6.10 Å². The molecular formula is C17H28N2O8S. The van der Waals surface area contributed by atoms with E-state index in [2.05, 4.69) is 10.6 Å². The molecule has 0 aromatic heterocycles. The van der Waals surface area contributed by atoms with Gasteiger partial charge in [0.25, 0.3) is 0 Å². The summed E-state index contributed by atoms with van der Waals surface area (Å²) >= 11 is 0.947. The molecule has 0 bridgehead atoms. The molecule has 0 aliphatic heterocycles. The van der Waals surface area contributed by atoms with Gasteiger partial charge in [-0.05, 0) is 0 Å². The minimum Gasteiger partial charge on any atom is -0.481 e. The van der Waals surface area contributed by atoms with Gasteiger partial charge in [-0.25, -0.2) is 0 Å². The van der Waals surface area contributed by atoms with E-state index in [-0.39, 0.29) is 50.0 Å². The number of esters is 1. The Kier molecular flexibility index (Phi) is 12.1. The number of carbonyl (C=O) groups excluding carboxylic acids is 4. The molecule has 0 aliphatic rings. The van der Waals surface area contributed by atoms with Gasteiger partial charge in [-0.2, -0.15) is 0 Å². The fraction of sp³-hybridized carbons (Fsp3) is 0.706. The van der Waals surface area contributed by atoms with Crippen LogP contribution in [0.25, 0.3) is 0 Å². The van der Waals surface area contributed by atoms with E-state index in [0.29, 0.717) is 5.75 Å². The second-order valence-corrected chi connectivity index (χ2v) is 7.83. The molecule has 11 heteroatoms. The van der Waals surface area contributed by atoms with Crippen LogP contribution in [-0.4, -0.2) is 70.6 Å². The third kappa shape index (κ3) is 12.3. The van der Waals surface area contributed by atoms with Gasteiger partial charge < -0.3 is 25.6 Å². The number of aliphatic hydroxyl groups excluding tert-OH is 1. The van der Waals surface area contributed by atoms with Crippen LogP contribution in [0.1, 0.15) is 40.0 Å². The van der Waals surface area contributed by atoms with Crippen LogP contribution in [0.15, 0.2) is 0 Å². The number of nitrogens with one attached hydrogen (secondary N) is 2. The Hall–Kier alpha value is -2.14. The SMILES string of the molecule is CC(=O)OCC(C)(C)[C@@H](O)C(=O)NCCC(=O)NCCSC(=O)CCC(=O)O. The Morgan fingerprint density at radius 3 is 2.25 bits per heavy atom. The predicted molar refractivity (Wildman–Crippen MR) is 101 cm³/mol. The summed E-state index contributed by atoms with van der Waals surface area (Å²) in [5.74, 6) is -2.25. The van der Waals surface area contributed by atoms with E-state index in [1.807, 2.05) is 0 Å². The first-order valence-electron chi connectivity index (χ1n) is 8.69. The van der Waals surface area contributed by atoms with Crippen molar-refractivity contribution in [2.45, 2.75) is 46.1 Å².